The third-order valence-electron chi connectivity index (χ3n) is 4.95. The number of carbonyl (C=O) groups is 1. The summed E-state index contributed by atoms with van der Waals surface area (Å²) >= 11 is 0. The van der Waals surface area contributed by atoms with Crippen LogP contribution in [0.2, 0.25) is 0 Å². The number of benzene rings is 1. The van der Waals surface area contributed by atoms with Crippen molar-refractivity contribution in [2.45, 2.75) is 25.4 Å². The van der Waals surface area contributed by atoms with Crippen molar-refractivity contribution in [3.8, 4) is 0 Å². The molecule has 0 bridgehead atoms. The number of pyridine rings is 1. The first-order valence-electron chi connectivity index (χ1n) is 9.85. The van der Waals surface area contributed by atoms with Crippen molar-refractivity contribution in [3.63, 3.8) is 0 Å². The molecule has 1 aromatic carbocycles. The van der Waals surface area contributed by atoms with E-state index in [1.807, 2.05) is 4.90 Å². The van der Waals surface area contributed by atoms with Crippen LogP contribution < -0.4 is 15.5 Å². The summed E-state index contributed by atoms with van der Waals surface area (Å²) in [5.74, 6) is -0.850. The van der Waals surface area contributed by atoms with Gasteiger partial charge in [0, 0.05) is 44.5 Å². The van der Waals surface area contributed by atoms with Gasteiger partial charge >= 0.3 is 6.18 Å². The Balaban J connectivity index is 1.68. The standard InChI is InChI=1S/C20H22F3N5O3/c21-20(22,23)16-5-4-8-24-18(16)25-9-10-26-19(29)15-13-14(28(30)31)6-7-17(15)27-11-2-1-3-12-27/h4-8,13H,1-3,9-12H2,(H,24,25)(H,26,29). The van der Waals surface area contributed by atoms with E-state index in [4.69, 9.17) is 0 Å². The van der Waals surface area contributed by atoms with Gasteiger partial charge in [-0.05, 0) is 37.5 Å². The van der Waals surface area contributed by atoms with E-state index < -0.39 is 22.6 Å². The van der Waals surface area contributed by atoms with Crippen LogP contribution in [0, 0.1) is 10.1 Å². The molecule has 1 aromatic heterocycles. The average Bonchev–Trinajstić information content (AvgIpc) is 2.76. The molecular weight excluding hydrogens is 415 g/mol. The molecule has 0 radical (unpaired) electrons. The Morgan fingerprint density at radius 1 is 1.16 bits per heavy atom. The van der Waals surface area contributed by atoms with Crippen molar-refractivity contribution < 1.29 is 22.9 Å². The number of nitro benzene ring substituents is 1. The molecule has 0 saturated carbocycles. The van der Waals surface area contributed by atoms with Crippen LogP contribution in [-0.2, 0) is 6.18 Å². The van der Waals surface area contributed by atoms with Gasteiger partial charge < -0.3 is 15.5 Å². The second kappa shape index (κ2) is 9.63. The molecule has 1 amide bonds. The van der Waals surface area contributed by atoms with Crippen LogP contribution in [0.1, 0.15) is 35.2 Å². The smallest absolute Gasteiger partial charge is 0.371 e. The van der Waals surface area contributed by atoms with Crippen LogP contribution in [0.25, 0.3) is 0 Å². The number of non-ortho nitro benzene ring substituents is 1. The average molecular weight is 437 g/mol. The molecule has 2 heterocycles. The number of alkyl halides is 3. The number of anilines is 2. The molecule has 0 aliphatic carbocycles. The summed E-state index contributed by atoms with van der Waals surface area (Å²) in [6.45, 7) is 1.51. The molecule has 31 heavy (non-hydrogen) atoms. The number of aromatic nitrogens is 1. The third kappa shape index (κ3) is 5.62. The number of nitrogens with zero attached hydrogens (tertiary/aromatic N) is 3. The number of piperidine rings is 1. The van der Waals surface area contributed by atoms with E-state index >= 15 is 0 Å². The summed E-state index contributed by atoms with van der Waals surface area (Å²) in [6.07, 6.45) is -0.290. The van der Waals surface area contributed by atoms with Gasteiger partial charge in [-0.2, -0.15) is 13.2 Å². The highest BCUT2D eigenvalue weighted by atomic mass is 19.4. The fourth-order valence-electron chi connectivity index (χ4n) is 3.46. The number of hydrogen-bond donors (Lipinski definition) is 2. The Labute approximate surface area is 176 Å². The molecule has 0 spiro atoms. The van der Waals surface area contributed by atoms with Gasteiger partial charge in [-0.3, -0.25) is 14.9 Å². The summed E-state index contributed by atoms with van der Waals surface area (Å²) in [5.41, 5.74) is -0.315. The number of carbonyl (C=O) groups excluding carboxylic acids is 1. The van der Waals surface area contributed by atoms with E-state index in [0.717, 1.165) is 38.4 Å². The monoisotopic (exact) mass is 437 g/mol. The molecular formula is C20H22F3N5O3. The first-order chi connectivity index (χ1) is 14.8. The van der Waals surface area contributed by atoms with Gasteiger partial charge in [0.2, 0.25) is 0 Å². The zero-order valence-corrected chi connectivity index (χ0v) is 16.6. The lowest BCUT2D eigenvalue weighted by atomic mass is 10.1. The Hall–Kier alpha value is -3.37. The van der Waals surface area contributed by atoms with E-state index in [9.17, 15) is 28.1 Å². The molecule has 166 valence electrons. The molecule has 1 saturated heterocycles. The second-order valence-electron chi connectivity index (χ2n) is 7.09. The van der Waals surface area contributed by atoms with Crippen LogP contribution in [-0.4, -0.2) is 42.0 Å². The van der Waals surface area contributed by atoms with Crippen molar-refractivity contribution >= 4 is 23.1 Å². The normalized spacial score (nSPS) is 14.2. The molecule has 8 nitrogen and oxygen atoms in total. The molecule has 2 aromatic rings. The van der Waals surface area contributed by atoms with Crippen molar-refractivity contribution in [1.29, 1.82) is 0 Å². The van der Waals surface area contributed by atoms with Crippen LogP contribution in [0.3, 0.4) is 0 Å². The number of halogens is 3. The predicted molar refractivity (Wildman–Crippen MR) is 109 cm³/mol. The molecule has 1 aliphatic rings. The second-order valence-corrected chi connectivity index (χ2v) is 7.09. The molecule has 0 unspecified atom stereocenters. The first kappa shape index (κ1) is 22.3. The minimum atomic E-state index is -4.55. The molecule has 0 atom stereocenters. The number of rotatable bonds is 7. The van der Waals surface area contributed by atoms with Crippen LogP contribution in [0.5, 0.6) is 0 Å². The molecule has 1 fully saturated rings. The van der Waals surface area contributed by atoms with Crippen molar-refractivity contribution in [2.24, 2.45) is 0 Å². The number of hydrogen-bond acceptors (Lipinski definition) is 6. The van der Waals surface area contributed by atoms with Crippen molar-refractivity contribution in [3.05, 3.63) is 57.8 Å². The molecule has 1 aliphatic heterocycles. The van der Waals surface area contributed by atoms with Crippen LogP contribution in [0.4, 0.5) is 30.4 Å². The number of amides is 1. The predicted octanol–water partition coefficient (Wildman–Crippen LogP) is 3.84. The van der Waals surface area contributed by atoms with Gasteiger partial charge in [-0.25, -0.2) is 4.98 Å². The SMILES string of the molecule is O=C(NCCNc1ncccc1C(F)(F)F)c1cc([N+](=O)[O-])ccc1N1CCCCC1. The Bertz CT molecular complexity index is 946. The van der Waals surface area contributed by atoms with Crippen molar-refractivity contribution in [1.82, 2.24) is 10.3 Å². The third-order valence-corrected chi connectivity index (χ3v) is 4.95. The quantitative estimate of drug-likeness (QED) is 0.388. The van der Waals surface area contributed by atoms with Crippen molar-refractivity contribution in [2.75, 3.05) is 36.4 Å². The van der Waals surface area contributed by atoms with Gasteiger partial charge in [0.1, 0.15) is 5.82 Å². The topological polar surface area (TPSA) is 100 Å². The summed E-state index contributed by atoms with van der Waals surface area (Å²) in [4.78, 5) is 29.0. The highest BCUT2D eigenvalue weighted by molar-refractivity contribution is 6.00. The van der Waals surface area contributed by atoms with E-state index in [2.05, 4.69) is 15.6 Å². The lowest BCUT2D eigenvalue weighted by molar-refractivity contribution is -0.384. The zero-order valence-electron chi connectivity index (χ0n) is 16.6. The van der Waals surface area contributed by atoms with E-state index in [0.29, 0.717) is 5.69 Å². The van der Waals surface area contributed by atoms with E-state index in [-0.39, 0.29) is 30.2 Å². The van der Waals surface area contributed by atoms with Crippen LogP contribution >= 0.6 is 0 Å². The van der Waals surface area contributed by atoms with Crippen LogP contribution in [0.15, 0.2) is 36.5 Å². The van der Waals surface area contributed by atoms with Gasteiger partial charge in [0.15, 0.2) is 0 Å². The largest absolute Gasteiger partial charge is 0.419 e. The summed E-state index contributed by atoms with van der Waals surface area (Å²) in [7, 11) is 0. The zero-order chi connectivity index (χ0) is 22.4. The minimum Gasteiger partial charge on any atom is -0.371 e. The van der Waals surface area contributed by atoms with Gasteiger partial charge in [0.05, 0.1) is 21.7 Å². The highest BCUT2D eigenvalue weighted by Crippen LogP contribution is 2.33. The fourth-order valence-corrected chi connectivity index (χ4v) is 3.46. The fraction of sp³-hybridized carbons (Fsp3) is 0.400. The lowest BCUT2D eigenvalue weighted by Gasteiger charge is -2.30. The summed E-state index contributed by atoms with van der Waals surface area (Å²) < 4.78 is 39.1. The van der Waals surface area contributed by atoms with E-state index in [1.54, 1.807) is 6.07 Å². The number of nitro groups is 1. The van der Waals surface area contributed by atoms with Gasteiger partial charge in [-0.15, -0.1) is 0 Å². The Morgan fingerprint density at radius 3 is 2.58 bits per heavy atom. The van der Waals surface area contributed by atoms with E-state index in [1.165, 1.54) is 24.4 Å². The summed E-state index contributed by atoms with van der Waals surface area (Å²) in [6, 6.07) is 6.28. The Morgan fingerprint density at radius 2 is 1.90 bits per heavy atom. The minimum absolute atomic E-state index is 0.000191. The van der Waals surface area contributed by atoms with Gasteiger partial charge in [-0.1, -0.05) is 0 Å². The molecule has 2 N–H and O–H groups in total. The summed E-state index contributed by atoms with van der Waals surface area (Å²) in [5, 5.41) is 16.3. The maximum absolute atomic E-state index is 13.0. The maximum Gasteiger partial charge on any atom is 0.419 e. The number of nitrogens with one attached hydrogen (secondary N) is 2. The molecule has 11 heteroatoms. The first-order valence-corrected chi connectivity index (χ1v) is 9.85. The highest BCUT2D eigenvalue weighted by Gasteiger charge is 2.34. The maximum atomic E-state index is 13.0. The lowest BCUT2D eigenvalue weighted by Crippen LogP contribution is -2.34. The Kier molecular flexibility index (Phi) is 6.93. The molecule has 3 rings (SSSR count). The van der Waals surface area contributed by atoms with Gasteiger partial charge in [0.25, 0.3) is 11.6 Å².